The fourth-order valence-electron chi connectivity index (χ4n) is 2.98. The summed E-state index contributed by atoms with van der Waals surface area (Å²) in [5.41, 5.74) is 1.11. The van der Waals surface area contributed by atoms with Gasteiger partial charge in [0.1, 0.15) is 11.7 Å². The number of hydrogen-bond donors (Lipinski definition) is 2. The Hall–Kier alpha value is -2.25. The number of nitrogens with zero attached hydrogens (tertiary/aromatic N) is 1. The van der Waals surface area contributed by atoms with Crippen LogP contribution in [-0.4, -0.2) is 30.0 Å². The van der Waals surface area contributed by atoms with E-state index in [0.29, 0.717) is 18.5 Å². The normalized spacial score (nSPS) is 18.0. The van der Waals surface area contributed by atoms with Crippen molar-refractivity contribution in [1.29, 1.82) is 0 Å². The lowest BCUT2D eigenvalue weighted by molar-refractivity contribution is -0.132. The predicted octanol–water partition coefficient (Wildman–Crippen LogP) is 2.79. The molecular weight excluding hydrogens is 403 g/mol. The first kappa shape index (κ1) is 18.5. The van der Waals surface area contributed by atoms with Crippen molar-refractivity contribution in [3.8, 4) is 0 Å². The summed E-state index contributed by atoms with van der Waals surface area (Å²) in [6, 6.07) is 12.9. The molecule has 2 aromatic rings. The van der Waals surface area contributed by atoms with Gasteiger partial charge >= 0.3 is 0 Å². The molecular formula is C19H18BrFN2O3. The monoisotopic (exact) mass is 420 g/mol. The van der Waals surface area contributed by atoms with Gasteiger partial charge in [-0.05, 0) is 42.3 Å². The van der Waals surface area contributed by atoms with Gasteiger partial charge in [-0.3, -0.25) is 9.59 Å². The Balaban J connectivity index is 1.59. The standard InChI is InChI=1S/C19H18BrFN2O3/c20-13-4-2-6-15(10-13)23-8-7-16(19(23)26)18(25)22-11-17(24)12-3-1-5-14(21)9-12/h1-6,9-10,16-17,24H,7-8,11H2,(H,22,25). The molecule has 3 rings (SSSR count). The third-order valence-corrected chi connectivity index (χ3v) is 4.84. The average molecular weight is 421 g/mol. The summed E-state index contributed by atoms with van der Waals surface area (Å²) in [6.45, 7) is 0.378. The predicted molar refractivity (Wildman–Crippen MR) is 99.0 cm³/mol. The lowest BCUT2D eigenvalue weighted by Gasteiger charge is -2.17. The molecule has 0 aliphatic carbocycles. The molecule has 2 aromatic carbocycles. The van der Waals surface area contributed by atoms with Gasteiger partial charge in [0.25, 0.3) is 0 Å². The number of aliphatic hydroxyl groups is 1. The van der Waals surface area contributed by atoms with E-state index in [0.717, 1.165) is 10.2 Å². The quantitative estimate of drug-likeness (QED) is 0.730. The largest absolute Gasteiger partial charge is 0.387 e. The van der Waals surface area contributed by atoms with Gasteiger partial charge in [-0.15, -0.1) is 0 Å². The molecule has 1 heterocycles. The maximum absolute atomic E-state index is 13.2. The van der Waals surface area contributed by atoms with Crippen molar-refractivity contribution in [2.75, 3.05) is 18.0 Å². The van der Waals surface area contributed by atoms with E-state index < -0.39 is 23.7 Å². The zero-order valence-corrected chi connectivity index (χ0v) is 15.4. The number of carbonyl (C=O) groups is 2. The molecule has 1 saturated heterocycles. The third kappa shape index (κ3) is 4.11. The molecule has 5 nitrogen and oxygen atoms in total. The Morgan fingerprint density at radius 1 is 1.31 bits per heavy atom. The second-order valence-corrected chi connectivity index (χ2v) is 7.04. The van der Waals surface area contributed by atoms with E-state index >= 15 is 0 Å². The van der Waals surface area contributed by atoms with Crippen LogP contribution in [0.2, 0.25) is 0 Å². The van der Waals surface area contributed by atoms with Crippen LogP contribution >= 0.6 is 15.9 Å². The van der Waals surface area contributed by atoms with E-state index in [1.54, 1.807) is 11.0 Å². The molecule has 26 heavy (non-hydrogen) atoms. The highest BCUT2D eigenvalue weighted by Crippen LogP contribution is 2.27. The first-order valence-corrected chi connectivity index (χ1v) is 9.03. The molecule has 2 unspecified atom stereocenters. The van der Waals surface area contributed by atoms with E-state index in [1.165, 1.54) is 18.2 Å². The van der Waals surface area contributed by atoms with E-state index in [-0.39, 0.29) is 12.5 Å². The molecule has 136 valence electrons. The van der Waals surface area contributed by atoms with Crippen LogP contribution in [0.15, 0.2) is 53.0 Å². The topological polar surface area (TPSA) is 69.6 Å². The number of nitrogens with one attached hydrogen (secondary N) is 1. The third-order valence-electron chi connectivity index (χ3n) is 4.34. The summed E-state index contributed by atoms with van der Waals surface area (Å²) in [7, 11) is 0. The average Bonchev–Trinajstić information content (AvgIpc) is 3.01. The summed E-state index contributed by atoms with van der Waals surface area (Å²) in [4.78, 5) is 26.5. The Morgan fingerprint density at radius 2 is 2.08 bits per heavy atom. The molecule has 0 aromatic heterocycles. The lowest BCUT2D eigenvalue weighted by Crippen LogP contribution is -2.38. The minimum absolute atomic E-state index is 0.0804. The lowest BCUT2D eigenvalue weighted by atomic mass is 10.1. The summed E-state index contributed by atoms with van der Waals surface area (Å²) < 4.78 is 14.1. The van der Waals surface area contributed by atoms with Crippen LogP contribution in [0.3, 0.4) is 0 Å². The van der Waals surface area contributed by atoms with Crippen molar-refractivity contribution < 1.29 is 19.1 Å². The van der Waals surface area contributed by atoms with Crippen LogP contribution in [0.1, 0.15) is 18.1 Å². The number of aliphatic hydroxyl groups excluding tert-OH is 1. The minimum atomic E-state index is -1.03. The van der Waals surface area contributed by atoms with E-state index in [9.17, 15) is 19.1 Å². The highest BCUT2D eigenvalue weighted by molar-refractivity contribution is 9.10. The molecule has 1 fully saturated rings. The second-order valence-electron chi connectivity index (χ2n) is 6.13. The summed E-state index contributed by atoms with van der Waals surface area (Å²) in [5.74, 6) is -1.93. The van der Waals surface area contributed by atoms with E-state index in [2.05, 4.69) is 21.2 Å². The zero-order chi connectivity index (χ0) is 18.7. The molecule has 2 amide bonds. The van der Waals surface area contributed by atoms with Crippen LogP contribution < -0.4 is 10.2 Å². The molecule has 0 spiro atoms. The maximum atomic E-state index is 13.2. The van der Waals surface area contributed by atoms with Crippen molar-refractivity contribution >= 4 is 33.4 Å². The minimum Gasteiger partial charge on any atom is -0.387 e. The Bertz CT molecular complexity index is 830. The number of amides is 2. The Morgan fingerprint density at radius 3 is 2.81 bits per heavy atom. The van der Waals surface area contributed by atoms with Gasteiger partial charge < -0.3 is 15.3 Å². The van der Waals surface area contributed by atoms with Crippen LogP contribution in [0, 0.1) is 11.7 Å². The van der Waals surface area contributed by atoms with Crippen molar-refractivity contribution in [2.24, 2.45) is 5.92 Å². The number of carbonyl (C=O) groups excluding carboxylic acids is 2. The van der Waals surface area contributed by atoms with Crippen LogP contribution in [-0.2, 0) is 9.59 Å². The summed E-state index contributed by atoms with van der Waals surface area (Å²) in [6.07, 6.45) is -0.625. The highest BCUT2D eigenvalue weighted by atomic mass is 79.9. The summed E-state index contributed by atoms with van der Waals surface area (Å²) in [5, 5.41) is 12.7. The molecule has 1 aliphatic heterocycles. The van der Waals surface area contributed by atoms with Crippen molar-refractivity contribution in [1.82, 2.24) is 5.32 Å². The van der Waals surface area contributed by atoms with E-state index in [1.807, 2.05) is 24.3 Å². The number of rotatable bonds is 5. The zero-order valence-electron chi connectivity index (χ0n) is 13.9. The summed E-state index contributed by atoms with van der Waals surface area (Å²) >= 11 is 3.37. The molecule has 0 radical (unpaired) electrons. The van der Waals surface area contributed by atoms with Gasteiger partial charge in [-0.1, -0.05) is 34.1 Å². The van der Waals surface area contributed by atoms with Crippen LogP contribution in [0.4, 0.5) is 10.1 Å². The first-order chi connectivity index (χ1) is 12.5. The van der Waals surface area contributed by atoms with Gasteiger partial charge in [0.2, 0.25) is 11.8 Å². The molecule has 1 aliphatic rings. The van der Waals surface area contributed by atoms with Gasteiger partial charge in [-0.2, -0.15) is 0 Å². The van der Waals surface area contributed by atoms with Gasteiger partial charge in [0, 0.05) is 23.2 Å². The fraction of sp³-hybridized carbons (Fsp3) is 0.263. The smallest absolute Gasteiger partial charge is 0.239 e. The molecule has 2 atom stereocenters. The Kier molecular flexibility index (Phi) is 5.68. The molecule has 2 N–H and O–H groups in total. The van der Waals surface area contributed by atoms with E-state index in [4.69, 9.17) is 0 Å². The number of halogens is 2. The fourth-order valence-corrected chi connectivity index (χ4v) is 3.36. The number of anilines is 1. The van der Waals surface area contributed by atoms with Crippen molar-refractivity contribution in [2.45, 2.75) is 12.5 Å². The van der Waals surface area contributed by atoms with Crippen LogP contribution in [0.5, 0.6) is 0 Å². The van der Waals surface area contributed by atoms with Gasteiger partial charge in [0.15, 0.2) is 0 Å². The SMILES string of the molecule is O=C(NCC(O)c1cccc(F)c1)C1CCN(c2cccc(Br)c2)C1=O. The number of benzene rings is 2. The Labute approximate surface area is 158 Å². The molecule has 7 heteroatoms. The molecule has 0 bridgehead atoms. The first-order valence-electron chi connectivity index (χ1n) is 8.24. The van der Waals surface area contributed by atoms with Gasteiger partial charge in [-0.25, -0.2) is 4.39 Å². The van der Waals surface area contributed by atoms with Crippen molar-refractivity contribution in [3.05, 3.63) is 64.4 Å². The second kappa shape index (κ2) is 7.97. The van der Waals surface area contributed by atoms with Crippen molar-refractivity contribution in [3.63, 3.8) is 0 Å². The maximum Gasteiger partial charge on any atom is 0.239 e. The number of hydrogen-bond acceptors (Lipinski definition) is 3. The van der Waals surface area contributed by atoms with Gasteiger partial charge in [0.05, 0.1) is 6.10 Å². The molecule has 0 saturated carbocycles. The van der Waals surface area contributed by atoms with Crippen LogP contribution in [0.25, 0.3) is 0 Å². The highest BCUT2D eigenvalue weighted by Gasteiger charge is 2.37.